The summed E-state index contributed by atoms with van der Waals surface area (Å²) >= 11 is 0. The number of nitrogens with zero attached hydrogens (tertiary/aromatic N) is 1. The minimum atomic E-state index is 0.527. The summed E-state index contributed by atoms with van der Waals surface area (Å²) in [7, 11) is 0. The fraction of sp³-hybridized carbons (Fsp3) is 0.154. The zero-order valence-electron chi connectivity index (χ0n) is 9.18. The molecule has 16 heavy (non-hydrogen) atoms. The number of hydrogen-bond donors (Lipinski definition) is 1. The zero-order valence-corrected chi connectivity index (χ0v) is 9.18. The molecule has 0 unspecified atom stereocenters. The Balaban J connectivity index is 2.36. The lowest BCUT2D eigenvalue weighted by Crippen LogP contribution is -1.93. The molecule has 0 radical (unpaired) electrons. The Labute approximate surface area is 94.9 Å². The largest absolute Gasteiger partial charge is 0.494 e. The molecule has 1 aromatic heterocycles. The van der Waals surface area contributed by atoms with Gasteiger partial charge in [-0.2, -0.15) is 0 Å². The Hall–Kier alpha value is -2.03. The molecule has 82 valence electrons. The summed E-state index contributed by atoms with van der Waals surface area (Å²) in [6, 6.07) is 13.4. The summed E-state index contributed by atoms with van der Waals surface area (Å²) in [5.74, 6) is 1.38. The molecule has 1 aromatic carbocycles. The quantitative estimate of drug-likeness (QED) is 0.854. The van der Waals surface area contributed by atoms with Gasteiger partial charge in [0.2, 0.25) is 0 Å². The van der Waals surface area contributed by atoms with Crippen LogP contribution in [0.5, 0.6) is 5.75 Å². The summed E-state index contributed by atoms with van der Waals surface area (Å²) in [6.07, 6.45) is 0. The SMILES string of the molecule is CCOc1cccc(-c2cccc(N)n2)c1. The van der Waals surface area contributed by atoms with Crippen molar-refractivity contribution < 1.29 is 4.74 Å². The number of nitrogen functional groups attached to an aromatic ring is 1. The maximum absolute atomic E-state index is 5.65. The second-order valence-corrected chi connectivity index (χ2v) is 3.41. The highest BCUT2D eigenvalue weighted by molar-refractivity contribution is 5.62. The van der Waals surface area contributed by atoms with E-state index < -0.39 is 0 Å². The number of hydrogen-bond acceptors (Lipinski definition) is 3. The van der Waals surface area contributed by atoms with Crippen LogP contribution < -0.4 is 10.5 Å². The van der Waals surface area contributed by atoms with Crippen LogP contribution in [0.15, 0.2) is 42.5 Å². The first kappa shape index (κ1) is 10.5. The van der Waals surface area contributed by atoms with Crippen LogP contribution >= 0.6 is 0 Å². The molecule has 2 aromatic rings. The van der Waals surface area contributed by atoms with Crippen LogP contribution in [0.1, 0.15) is 6.92 Å². The molecule has 0 fully saturated rings. The standard InChI is InChI=1S/C13H14N2O/c1-2-16-11-6-3-5-10(9-11)12-7-4-8-13(14)15-12/h3-9H,2H2,1H3,(H2,14,15). The van der Waals surface area contributed by atoms with Crippen LogP contribution in [0.3, 0.4) is 0 Å². The first-order valence-electron chi connectivity index (χ1n) is 5.25. The van der Waals surface area contributed by atoms with E-state index in [9.17, 15) is 0 Å². The van der Waals surface area contributed by atoms with Crippen LogP contribution in [-0.2, 0) is 0 Å². The molecule has 3 heteroatoms. The topological polar surface area (TPSA) is 48.1 Å². The zero-order chi connectivity index (χ0) is 11.4. The maximum Gasteiger partial charge on any atom is 0.124 e. The fourth-order valence-corrected chi connectivity index (χ4v) is 1.52. The Kier molecular flexibility index (Phi) is 3.05. The van der Waals surface area contributed by atoms with Crippen molar-refractivity contribution in [2.75, 3.05) is 12.3 Å². The number of rotatable bonds is 3. The highest BCUT2D eigenvalue weighted by Crippen LogP contribution is 2.22. The number of pyridine rings is 1. The van der Waals surface area contributed by atoms with E-state index in [1.54, 1.807) is 6.07 Å². The predicted molar refractivity (Wildman–Crippen MR) is 65.3 cm³/mol. The lowest BCUT2D eigenvalue weighted by Gasteiger charge is -2.06. The molecule has 0 atom stereocenters. The normalized spacial score (nSPS) is 10.1. The van der Waals surface area contributed by atoms with Crippen molar-refractivity contribution in [3.63, 3.8) is 0 Å². The minimum absolute atomic E-state index is 0.527. The van der Waals surface area contributed by atoms with Gasteiger partial charge in [0.15, 0.2) is 0 Å². The van der Waals surface area contributed by atoms with Crippen LogP contribution in [0.2, 0.25) is 0 Å². The van der Waals surface area contributed by atoms with Gasteiger partial charge < -0.3 is 10.5 Å². The third-order valence-corrected chi connectivity index (χ3v) is 2.21. The third kappa shape index (κ3) is 2.31. The summed E-state index contributed by atoms with van der Waals surface area (Å²) in [6.45, 7) is 2.62. The van der Waals surface area contributed by atoms with E-state index >= 15 is 0 Å². The van der Waals surface area contributed by atoms with Gasteiger partial charge in [-0.3, -0.25) is 0 Å². The fourth-order valence-electron chi connectivity index (χ4n) is 1.52. The second-order valence-electron chi connectivity index (χ2n) is 3.41. The molecule has 0 amide bonds. The van der Waals surface area contributed by atoms with Gasteiger partial charge in [0.1, 0.15) is 11.6 Å². The van der Waals surface area contributed by atoms with Gasteiger partial charge in [0, 0.05) is 5.56 Å². The van der Waals surface area contributed by atoms with Crippen molar-refractivity contribution in [1.29, 1.82) is 0 Å². The molecule has 3 nitrogen and oxygen atoms in total. The van der Waals surface area contributed by atoms with E-state index in [1.165, 1.54) is 0 Å². The smallest absolute Gasteiger partial charge is 0.124 e. The molecule has 2 rings (SSSR count). The molecule has 0 saturated heterocycles. The second kappa shape index (κ2) is 4.66. The molecule has 0 bridgehead atoms. The Morgan fingerprint density at radius 3 is 2.75 bits per heavy atom. The van der Waals surface area contributed by atoms with Gasteiger partial charge in [-0.1, -0.05) is 18.2 Å². The van der Waals surface area contributed by atoms with Crippen molar-refractivity contribution >= 4 is 5.82 Å². The van der Waals surface area contributed by atoms with E-state index in [-0.39, 0.29) is 0 Å². The van der Waals surface area contributed by atoms with Crippen molar-refractivity contribution in [1.82, 2.24) is 4.98 Å². The van der Waals surface area contributed by atoms with Crippen molar-refractivity contribution in [3.8, 4) is 17.0 Å². The van der Waals surface area contributed by atoms with Crippen LogP contribution in [0.4, 0.5) is 5.82 Å². The maximum atomic E-state index is 5.65. The number of nitrogens with two attached hydrogens (primary N) is 1. The van der Waals surface area contributed by atoms with Crippen molar-refractivity contribution in [2.45, 2.75) is 6.92 Å². The summed E-state index contributed by atoms with van der Waals surface area (Å²) in [5, 5.41) is 0. The summed E-state index contributed by atoms with van der Waals surface area (Å²) < 4.78 is 5.44. The number of ether oxygens (including phenoxy) is 1. The van der Waals surface area contributed by atoms with Gasteiger partial charge in [0.05, 0.1) is 12.3 Å². The monoisotopic (exact) mass is 214 g/mol. The number of anilines is 1. The lowest BCUT2D eigenvalue weighted by atomic mass is 10.1. The van der Waals surface area contributed by atoms with Gasteiger partial charge >= 0.3 is 0 Å². The summed E-state index contributed by atoms with van der Waals surface area (Å²) in [5.41, 5.74) is 7.53. The van der Waals surface area contributed by atoms with Gasteiger partial charge in [-0.05, 0) is 31.2 Å². The molecule has 0 aliphatic rings. The average Bonchev–Trinajstić information content (AvgIpc) is 2.30. The molecule has 0 saturated carbocycles. The molecule has 0 aliphatic heterocycles. The van der Waals surface area contributed by atoms with Gasteiger partial charge in [-0.15, -0.1) is 0 Å². The van der Waals surface area contributed by atoms with E-state index in [0.29, 0.717) is 12.4 Å². The van der Waals surface area contributed by atoms with Crippen LogP contribution in [0, 0.1) is 0 Å². The number of aromatic nitrogens is 1. The van der Waals surface area contributed by atoms with E-state index in [2.05, 4.69) is 4.98 Å². The molecule has 2 N–H and O–H groups in total. The first-order chi connectivity index (χ1) is 7.79. The van der Waals surface area contributed by atoms with E-state index in [1.807, 2.05) is 43.3 Å². The minimum Gasteiger partial charge on any atom is -0.494 e. The first-order valence-corrected chi connectivity index (χ1v) is 5.25. The van der Waals surface area contributed by atoms with E-state index in [0.717, 1.165) is 17.0 Å². The van der Waals surface area contributed by atoms with Crippen LogP contribution in [-0.4, -0.2) is 11.6 Å². The number of benzene rings is 1. The molecule has 0 spiro atoms. The molecular formula is C13H14N2O. The molecule has 1 heterocycles. The highest BCUT2D eigenvalue weighted by atomic mass is 16.5. The van der Waals surface area contributed by atoms with Crippen molar-refractivity contribution in [2.24, 2.45) is 0 Å². The Morgan fingerprint density at radius 1 is 1.19 bits per heavy atom. The lowest BCUT2D eigenvalue weighted by molar-refractivity contribution is 0.340. The van der Waals surface area contributed by atoms with Gasteiger partial charge in [-0.25, -0.2) is 4.98 Å². The Bertz CT molecular complexity index is 483. The van der Waals surface area contributed by atoms with Gasteiger partial charge in [0.25, 0.3) is 0 Å². The van der Waals surface area contributed by atoms with Crippen LogP contribution in [0.25, 0.3) is 11.3 Å². The molecule has 0 aliphatic carbocycles. The van der Waals surface area contributed by atoms with E-state index in [4.69, 9.17) is 10.5 Å². The molecular weight excluding hydrogens is 200 g/mol. The third-order valence-electron chi connectivity index (χ3n) is 2.21. The Morgan fingerprint density at radius 2 is 2.00 bits per heavy atom. The predicted octanol–water partition coefficient (Wildman–Crippen LogP) is 2.73. The van der Waals surface area contributed by atoms with Crippen molar-refractivity contribution in [3.05, 3.63) is 42.5 Å². The summed E-state index contributed by atoms with van der Waals surface area (Å²) in [4.78, 5) is 4.27. The highest BCUT2D eigenvalue weighted by Gasteiger charge is 2.01. The average molecular weight is 214 g/mol.